The quantitative estimate of drug-likeness (QED) is 0.485. The molecule has 0 fully saturated rings. The molecule has 0 radical (unpaired) electrons. The van der Waals surface area contributed by atoms with Crippen LogP contribution in [0.15, 0.2) is 61.2 Å². The topological polar surface area (TPSA) is 112 Å². The zero-order valence-electron chi connectivity index (χ0n) is 17.0. The van der Waals surface area contributed by atoms with Gasteiger partial charge in [0.05, 0.1) is 19.0 Å². The first kappa shape index (κ1) is 20.1. The lowest BCUT2D eigenvalue weighted by atomic mass is 9.90. The molecule has 8 nitrogen and oxygen atoms in total. The number of nitrogens with zero attached hydrogens (tertiary/aromatic N) is 5. The highest BCUT2D eigenvalue weighted by molar-refractivity contribution is 5.73. The number of rotatable bonds is 6. The molecule has 3 N–H and O–H groups in total. The van der Waals surface area contributed by atoms with E-state index >= 15 is 0 Å². The Bertz CT molecular complexity index is 1170. The number of halogens is 1. The number of anilines is 3. The summed E-state index contributed by atoms with van der Waals surface area (Å²) in [5.74, 6) is 1.06. The molecule has 3 heterocycles. The summed E-state index contributed by atoms with van der Waals surface area (Å²) >= 11 is 0. The maximum atomic E-state index is 13.5. The fourth-order valence-electron chi connectivity index (χ4n) is 3.26. The van der Waals surface area contributed by atoms with E-state index in [-0.39, 0.29) is 17.7 Å². The Kier molecular flexibility index (Phi) is 5.65. The van der Waals surface area contributed by atoms with E-state index in [1.54, 1.807) is 50.1 Å². The van der Waals surface area contributed by atoms with Crippen LogP contribution in [0.2, 0.25) is 0 Å². The second-order valence-electron chi connectivity index (χ2n) is 6.77. The van der Waals surface area contributed by atoms with Crippen molar-refractivity contribution in [1.29, 1.82) is 0 Å². The third kappa shape index (κ3) is 4.40. The molecule has 31 heavy (non-hydrogen) atoms. The summed E-state index contributed by atoms with van der Waals surface area (Å²) in [4.78, 5) is 21.5. The number of nitrogens with two attached hydrogens (primary N) is 1. The molecule has 0 aliphatic carbocycles. The van der Waals surface area contributed by atoms with Gasteiger partial charge < -0.3 is 15.8 Å². The number of aromatic nitrogens is 5. The molecule has 1 aromatic carbocycles. The van der Waals surface area contributed by atoms with Crippen LogP contribution in [0, 0.1) is 5.82 Å². The predicted molar refractivity (Wildman–Crippen MR) is 115 cm³/mol. The van der Waals surface area contributed by atoms with Crippen molar-refractivity contribution in [3.63, 3.8) is 0 Å². The summed E-state index contributed by atoms with van der Waals surface area (Å²) in [6.45, 7) is 1.99. The van der Waals surface area contributed by atoms with Crippen LogP contribution < -0.4 is 15.8 Å². The van der Waals surface area contributed by atoms with Crippen LogP contribution in [0.4, 0.5) is 22.0 Å². The lowest BCUT2D eigenvalue weighted by Crippen LogP contribution is -2.11. The number of methoxy groups -OCH3 is 1. The van der Waals surface area contributed by atoms with Gasteiger partial charge in [0, 0.05) is 41.7 Å². The molecule has 3 aromatic heterocycles. The number of hydrogen-bond acceptors (Lipinski definition) is 8. The van der Waals surface area contributed by atoms with Crippen molar-refractivity contribution < 1.29 is 9.13 Å². The highest BCUT2D eigenvalue weighted by Gasteiger charge is 2.23. The molecule has 4 rings (SSSR count). The third-order valence-electron chi connectivity index (χ3n) is 4.79. The average Bonchev–Trinajstić information content (AvgIpc) is 2.79. The lowest BCUT2D eigenvalue weighted by molar-refractivity contribution is 0.398. The first-order valence-corrected chi connectivity index (χ1v) is 9.51. The van der Waals surface area contributed by atoms with Gasteiger partial charge in [-0.25, -0.2) is 19.3 Å². The smallest absolute Gasteiger partial charge is 0.222 e. The summed E-state index contributed by atoms with van der Waals surface area (Å²) in [5.41, 5.74) is 9.03. The molecule has 0 bridgehead atoms. The van der Waals surface area contributed by atoms with E-state index in [0.717, 1.165) is 16.7 Å². The third-order valence-corrected chi connectivity index (χ3v) is 4.79. The minimum atomic E-state index is -0.304. The monoisotopic (exact) mass is 417 g/mol. The van der Waals surface area contributed by atoms with Crippen LogP contribution in [0.5, 0.6) is 5.88 Å². The summed E-state index contributed by atoms with van der Waals surface area (Å²) < 4.78 is 18.7. The van der Waals surface area contributed by atoms with Crippen LogP contribution in [-0.4, -0.2) is 32.0 Å². The van der Waals surface area contributed by atoms with Crippen molar-refractivity contribution in [3.05, 3.63) is 78.1 Å². The predicted octanol–water partition coefficient (Wildman–Crippen LogP) is 3.95. The van der Waals surface area contributed by atoms with E-state index in [1.807, 2.05) is 13.0 Å². The van der Waals surface area contributed by atoms with Gasteiger partial charge in [-0.3, -0.25) is 4.98 Å². The van der Waals surface area contributed by atoms with Gasteiger partial charge >= 0.3 is 0 Å². The highest BCUT2D eigenvalue weighted by Crippen LogP contribution is 2.37. The highest BCUT2D eigenvalue weighted by atomic mass is 19.1. The van der Waals surface area contributed by atoms with E-state index in [4.69, 9.17) is 10.5 Å². The average molecular weight is 417 g/mol. The summed E-state index contributed by atoms with van der Waals surface area (Å²) in [6.07, 6.45) is 6.40. The van der Waals surface area contributed by atoms with E-state index in [9.17, 15) is 4.39 Å². The van der Waals surface area contributed by atoms with Gasteiger partial charge in [0.25, 0.3) is 0 Å². The van der Waals surface area contributed by atoms with E-state index in [2.05, 4.69) is 30.2 Å². The van der Waals surface area contributed by atoms with Crippen LogP contribution in [-0.2, 0) is 0 Å². The van der Waals surface area contributed by atoms with Crippen molar-refractivity contribution in [1.82, 2.24) is 24.9 Å². The van der Waals surface area contributed by atoms with Crippen LogP contribution in [0.3, 0.4) is 0 Å². The van der Waals surface area contributed by atoms with Gasteiger partial charge in [0.15, 0.2) is 0 Å². The van der Waals surface area contributed by atoms with Gasteiger partial charge in [-0.2, -0.15) is 4.98 Å². The van der Waals surface area contributed by atoms with Crippen molar-refractivity contribution in [2.75, 3.05) is 18.2 Å². The molecule has 4 aromatic rings. The molecule has 0 saturated heterocycles. The molecule has 0 amide bonds. The van der Waals surface area contributed by atoms with Crippen LogP contribution >= 0.6 is 0 Å². The Morgan fingerprint density at radius 2 is 1.81 bits per heavy atom. The fourth-order valence-corrected chi connectivity index (χ4v) is 3.26. The second-order valence-corrected chi connectivity index (χ2v) is 6.77. The van der Waals surface area contributed by atoms with Crippen molar-refractivity contribution in [2.24, 2.45) is 0 Å². The molecule has 0 spiro atoms. The molecular weight excluding hydrogens is 397 g/mol. The van der Waals surface area contributed by atoms with Crippen LogP contribution in [0.25, 0.3) is 11.3 Å². The molecule has 1 atom stereocenters. The Labute approximate surface area is 178 Å². The van der Waals surface area contributed by atoms with Gasteiger partial charge in [-0.05, 0) is 23.8 Å². The number of nitrogens with one attached hydrogen (secondary N) is 1. The lowest BCUT2D eigenvalue weighted by Gasteiger charge is -2.21. The fraction of sp³-hybridized carbons (Fsp3) is 0.136. The largest absolute Gasteiger partial charge is 0.481 e. The molecule has 0 aliphatic rings. The Morgan fingerprint density at radius 1 is 1.00 bits per heavy atom. The SMILES string of the molecule is COc1ccc(-c2nc(N)nc(Nc3cnccn3)c2C(C)c2ccc(F)cc2)cn1. The number of pyridine rings is 1. The molecule has 1 unspecified atom stereocenters. The van der Waals surface area contributed by atoms with Crippen molar-refractivity contribution >= 4 is 17.6 Å². The normalized spacial score (nSPS) is 11.7. The van der Waals surface area contributed by atoms with Gasteiger partial charge in [-0.1, -0.05) is 19.1 Å². The Morgan fingerprint density at radius 3 is 2.45 bits per heavy atom. The maximum Gasteiger partial charge on any atom is 0.222 e. The number of nitrogen functional groups attached to an aromatic ring is 1. The van der Waals surface area contributed by atoms with Gasteiger partial charge in [0.2, 0.25) is 11.8 Å². The Hall–Kier alpha value is -4.14. The second kappa shape index (κ2) is 8.70. The van der Waals surface area contributed by atoms with Gasteiger partial charge in [0.1, 0.15) is 17.5 Å². The minimum absolute atomic E-state index is 0.0901. The standard InChI is InChI=1S/C22H20FN7O/c1-13(14-3-6-16(23)7-4-14)19-20(15-5-8-18(31-2)27-11-15)29-22(24)30-21(19)28-17-12-25-9-10-26-17/h3-13H,1-2H3,(H3,24,26,28,29,30). The first-order valence-electron chi connectivity index (χ1n) is 9.51. The van der Waals surface area contributed by atoms with Crippen molar-refractivity contribution in [2.45, 2.75) is 12.8 Å². The number of benzene rings is 1. The van der Waals surface area contributed by atoms with Gasteiger partial charge in [-0.15, -0.1) is 0 Å². The number of hydrogen-bond donors (Lipinski definition) is 2. The zero-order valence-corrected chi connectivity index (χ0v) is 17.0. The van der Waals surface area contributed by atoms with E-state index in [0.29, 0.717) is 23.2 Å². The van der Waals surface area contributed by atoms with Crippen LogP contribution in [0.1, 0.15) is 24.0 Å². The van der Waals surface area contributed by atoms with E-state index < -0.39 is 0 Å². The first-order chi connectivity index (χ1) is 15.0. The Balaban J connectivity index is 1.89. The minimum Gasteiger partial charge on any atom is -0.481 e. The molecule has 9 heteroatoms. The summed E-state index contributed by atoms with van der Waals surface area (Å²) in [7, 11) is 1.55. The molecule has 156 valence electrons. The summed E-state index contributed by atoms with van der Waals surface area (Å²) in [6, 6.07) is 9.91. The van der Waals surface area contributed by atoms with Crippen molar-refractivity contribution in [3.8, 4) is 17.1 Å². The molecule has 0 saturated carbocycles. The number of ether oxygens (including phenoxy) is 1. The summed E-state index contributed by atoms with van der Waals surface area (Å²) in [5, 5.41) is 3.18. The van der Waals surface area contributed by atoms with E-state index in [1.165, 1.54) is 12.1 Å². The molecular formula is C22H20FN7O. The maximum absolute atomic E-state index is 13.5. The zero-order chi connectivity index (χ0) is 21.8. The molecule has 0 aliphatic heterocycles.